The number of unbranched alkanes of at least 4 members (excludes halogenated alkanes) is 1. The zero-order valence-corrected chi connectivity index (χ0v) is 18.6. The molecule has 1 unspecified atom stereocenters. The quantitative estimate of drug-likeness (QED) is 0.535. The summed E-state index contributed by atoms with van der Waals surface area (Å²) in [5, 5.41) is 4.85. The van der Waals surface area contributed by atoms with E-state index >= 15 is 0 Å². The van der Waals surface area contributed by atoms with Gasteiger partial charge in [0.2, 0.25) is 0 Å². The third kappa shape index (κ3) is 5.04. The van der Waals surface area contributed by atoms with E-state index in [1.54, 1.807) is 0 Å². The van der Waals surface area contributed by atoms with Crippen LogP contribution in [0, 0.1) is 11.3 Å². The summed E-state index contributed by atoms with van der Waals surface area (Å²) in [6.07, 6.45) is 17.4. The Bertz CT molecular complexity index is 872. The number of fused-ring (bicyclic) bond motifs is 1. The third-order valence-electron chi connectivity index (χ3n) is 6.91. The number of rotatable bonds is 6. The highest BCUT2D eigenvalue weighted by Crippen LogP contribution is 2.35. The topological polar surface area (TPSA) is 17.0 Å². The van der Waals surface area contributed by atoms with Crippen LogP contribution in [-0.4, -0.2) is 17.7 Å². The van der Waals surface area contributed by atoms with Crippen LogP contribution in [0.3, 0.4) is 0 Å². The number of piperidine rings is 1. The highest BCUT2D eigenvalue weighted by Gasteiger charge is 2.19. The summed E-state index contributed by atoms with van der Waals surface area (Å²) < 4.78 is 2.48. The van der Waals surface area contributed by atoms with Crippen LogP contribution in [-0.2, 0) is 6.54 Å². The Morgan fingerprint density at radius 2 is 1.90 bits per heavy atom. The van der Waals surface area contributed by atoms with E-state index in [0.29, 0.717) is 5.92 Å². The van der Waals surface area contributed by atoms with Gasteiger partial charge in [0, 0.05) is 24.2 Å². The Balaban J connectivity index is 1.38. The maximum Gasteiger partial charge on any atom is 0.0483 e. The fourth-order valence-corrected chi connectivity index (χ4v) is 4.94. The zero-order chi connectivity index (χ0) is 20.3. The average molecular weight is 391 g/mol. The van der Waals surface area contributed by atoms with E-state index in [0.717, 1.165) is 18.9 Å². The first-order valence-corrected chi connectivity index (χ1v) is 11.7. The summed E-state index contributed by atoms with van der Waals surface area (Å²) in [7, 11) is 0. The Morgan fingerprint density at radius 3 is 2.62 bits per heavy atom. The van der Waals surface area contributed by atoms with E-state index in [1.807, 2.05) is 0 Å². The van der Waals surface area contributed by atoms with Crippen molar-refractivity contribution in [2.24, 2.45) is 11.3 Å². The van der Waals surface area contributed by atoms with Gasteiger partial charge in [-0.3, -0.25) is 0 Å². The van der Waals surface area contributed by atoms with Gasteiger partial charge >= 0.3 is 0 Å². The van der Waals surface area contributed by atoms with E-state index < -0.39 is 0 Å². The van der Waals surface area contributed by atoms with Gasteiger partial charge in [-0.05, 0) is 78.8 Å². The molecule has 2 heterocycles. The number of aryl methyl sites for hydroxylation is 1. The Labute approximate surface area is 177 Å². The van der Waals surface area contributed by atoms with Crippen molar-refractivity contribution in [1.82, 2.24) is 9.88 Å². The minimum atomic E-state index is 0.244. The predicted molar refractivity (Wildman–Crippen MR) is 125 cm³/mol. The maximum atomic E-state index is 3.48. The summed E-state index contributed by atoms with van der Waals surface area (Å²) in [5.74, 6) is 1.46. The second-order valence-corrected chi connectivity index (χ2v) is 10.1. The summed E-state index contributed by atoms with van der Waals surface area (Å²) in [4.78, 5) is 0. The largest absolute Gasteiger partial charge is 0.347 e. The molecule has 1 fully saturated rings. The molecule has 0 bridgehead atoms. The number of nitrogens with zero attached hydrogens (tertiary/aromatic N) is 1. The van der Waals surface area contributed by atoms with Crippen LogP contribution in [0.2, 0.25) is 0 Å². The van der Waals surface area contributed by atoms with Crippen LogP contribution < -0.4 is 5.32 Å². The van der Waals surface area contributed by atoms with E-state index in [-0.39, 0.29) is 5.41 Å². The number of nitrogens with one attached hydrogen (secondary N) is 1. The van der Waals surface area contributed by atoms with E-state index in [4.69, 9.17) is 0 Å². The maximum absolute atomic E-state index is 3.48. The number of hydrogen-bond donors (Lipinski definition) is 1. The van der Waals surface area contributed by atoms with Gasteiger partial charge in [-0.15, -0.1) is 0 Å². The molecular weight excluding hydrogens is 352 g/mol. The SMILES string of the molecule is CC(C)(C)C1=CCC(c2ccc3ccn(CCCCC4CCNCC4)c3c2)C=C1. The lowest BCUT2D eigenvalue weighted by Crippen LogP contribution is -2.27. The first-order valence-electron chi connectivity index (χ1n) is 11.7. The Kier molecular flexibility index (Phi) is 6.29. The summed E-state index contributed by atoms with van der Waals surface area (Å²) in [6, 6.07) is 9.36. The molecule has 1 aliphatic carbocycles. The Hall–Kier alpha value is -1.80. The molecule has 2 aromatic rings. The summed E-state index contributed by atoms with van der Waals surface area (Å²) in [6.45, 7) is 10.5. The Morgan fingerprint density at radius 1 is 1.07 bits per heavy atom. The molecule has 1 aromatic carbocycles. The van der Waals surface area contributed by atoms with E-state index in [2.05, 4.69) is 79.3 Å². The predicted octanol–water partition coefficient (Wildman–Crippen LogP) is 6.83. The van der Waals surface area contributed by atoms with Crippen molar-refractivity contribution < 1.29 is 0 Å². The fourth-order valence-electron chi connectivity index (χ4n) is 4.94. The van der Waals surface area contributed by atoms with Crippen molar-refractivity contribution in [1.29, 1.82) is 0 Å². The standard InChI is InChI=1S/C27H38N2/c1-27(2,3)25-11-9-22(10-12-25)24-8-7-23-15-19-29(26(23)20-24)18-5-4-6-21-13-16-28-17-14-21/h7-9,11-12,15,19-22,28H,4-6,10,13-14,16-18H2,1-3H3. The smallest absolute Gasteiger partial charge is 0.0483 e. The molecule has 2 nitrogen and oxygen atoms in total. The lowest BCUT2D eigenvalue weighted by molar-refractivity contribution is 0.341. The van der Waals surface area contributed by atoms with Crippen LogP contribution in [0.4, 0.5) is 0 Å². The lowest BCUT2D eigenvalue weighted by Gasteiger charge is -2.25. The van der Waals surface area contributed by atoms with Gasteiger partial charge in [0.1, 0.15) is 0 Å². The zero-order valence-electron chi connectivity index (χ0n) is 18.6. The molecule has 0 saturated carbocycles. The first-order chi connectivity index (χ1) is 14.0. The molecule has 1 atom stereocenters. The van der Waals surface area contributed by atoms with E-state index in [9.17, 15) is 0 Å². The van der Waals surface area contributed by atoms with Crippen LogP contribution in [0.5, 0.6) is 0 Å². The molecule has 2 aliphatic rings. The second-order valence-electron chi connectivity index (χ2n) is 10.1. The van der Waals surface area contributed by atoms with Gasteiger partial charge in [-0.25, -0.2) is 0 Å². The van der Waals surface area contributed by atoms with Crippen LogP contribution in [0.25, 0.3) is 10.9 Å². The lowest BCUT2D eigenvalue weighted by atomic mass is 9.80. The van der Waals surface area contributed by atoms with Crippen LogP contribution in [0.1, 0.15) is 70.8 Å². The van der Waals surface area contributed by atoms with Crippen LogP contribution in [0.15, 0.2) is 54.3 Å². The van der Waals surface area contributed by atoms with Gasteiger partial charge in [0.25, 0.3) is 0 Å². The average Bonchev–Trinajstić information content (AvgIpc) is 3.14. The second kappa shape index (κ2) is 8.92. The van der Waals surface area contributed by atoms with Gasteiger partial charge < -0.3 is 9.88 Å². The molecule has 2 heteroatoms. The fraction of sp³-hybridized carbons (Fsp3) is 0.556. The number of hydrogen-bond acceptors (Lipinski definition) is 1. The van der Waals surface area contributed by atoms with Crippen molar-refractivity contribution in [2.75, 3.05) is 13.1 Å². The molecule has 0 spiro atoms. The highest BCUT2D eigenvalue weighted by atomic mass is 14.9. The first kappa shape index (κ1) is 20.5. The van der Waals surface area contributed by atoms with Crippen molar-refractivity contribution in [3.63, 3.8) is 0 Å². The molecule has 1 aliphatic heterocycles. The van der Waals surface area contributed by atoms with E-state index in [1.165, 1.54) is 67.2 Å². The molecule has 1 saturated heterocycles. The number of benzene rings is 1. The highest BCUT2D eigenvalue weighted by molar-refractivity contribution is 5.81. The van der Waals surface area contributed by atoms with Gasteiger partial charge in [0.05, 0.1) is 0 Å². The number of allylic oxidation sites excluding steroid dienone is 4. The molecule has 29 heavy (non-hydrogen) atoms. The van der Waals surface area contributed by atoms with Crippen molar-refractivity contribution in [3.8, 4) is 0 Å². The third-order valence-corrected chi connectivity index (χ3v) is 6.91. The molecule has 4 rings (SSSR count). The minimum Gasteiger partial charge on any atom is -0.347 e. The molecule has 1 N–H and O–H groups in total. The van der Waals surface area contributed by atoms with Gasteiger partial charge in [-0.1, -0.05) is 64.0 Å². The molecule has 0 radical (unpaired) electrons. The molecule has 156 valence electrons. The minimum absolute atomic E-state index is 0.244. The molecule has 0 amide bonds. The molecule has 1 aromatic heterocycles. The van der Waals surface area contributed by atoms with Gasteiger partial charge in [0.15, 0.2) is 0 Å². The normalized spacial score (nSPS) is 20.9. The summed E-state index contributed by atoms with van der Waals surface area (Å²) in [5.41, 5.74) is 4.57. The summed E-state index contributed by atoms with van der Waals surface area (Å²) >= 11 is 0. The van der Waals surface area contributed by atoms with Crippen molar-refractivity contribution in [2.45, 2.75) is 71.8 Å². The van der Waals surface area contributed by atoms with Crippen molar-refractivity contribution >= 4 is 10.9 Å². The monoisotopic (exact) mass is 390 g/mol. The van der Waals surface area contributed by atoms with Crippen molar-refractivity contribution in [3.05, 3.63) is 59.8 Å². The number of aromatic nitrogens is 1. The van der Waals surface area contributed by atoms with Gasteiger partial charge in [-0.2, -0.15) is 0 Å². The molecular formula is C27H38N2. The van der Waals surface area contributed by atoms with Crippen LogP contribution >= 0.6 is 0 Å².